The van der Waals surface area contributed by atoms with Crippen molar-refractivity contribution in [1.82, 2.24) is 9.03 Å². The van der Waals surface area contributed by atoms with Crippen molar-refractivity contribution in [1.29, 1.82) is 0 Å². The van der Waals surface area contributed by atoms with Crippen molar-refractivity contribution in [2.24, 2.45) is 0 Å². The van der Waals surface area contributed by atoms with E-state index in [4.69, 9.17) is 9.84 Å². The Balaban J connectivity index is 2.75. The molecule has 2 N–H and O–H groups in total. The first-order chi connectivity index (χ1) is 9.42. The third kappa shape index (κ3) is 4.75. The summed E-state index contributed by atoms with van der Waals surface area (Å²) in [5.41, 5.74) is 0.828. The lowest BCUT2D eigenvalue weighted by Gasteiger charge is -2.21. The molecule has 1 atom stereocenters. The number of hydrogen-bond donors (Lipinski definition) is 2. The molecule has 0 heterocycles. The van der Waals surface area contributed by atoms with Gasteiger partial charge < -0.3 is 9.84 Å². The van der Waals surface area contributed by atoms with Gasteiger partial charge in [-0.15, -0.1) is 0 Å². The molecule has 1 rings (SSSR count). The Morgan fingerprint density at radius 3 is 2.70 bits per heavy atom. The van der Waals surface area contributed by atoms with Gasteiger partial charge >= 0.3 is 0 Å². The summed E-state index contributed by atoms with van der Waals surface area (Å²) in [4.78, 5) is 0. The average Bonchev–Trinajstić information content (AvgIpc) is 2.44. The average molecular weight is 302 g/mol. The number of aliphatic hydroxyl groups is 1. The van der Waals surface area contributed by atoms with E-state index in [1.165, 1.54) is 11.4 Å². The number of rotatable bonds is 8. The van der Waals surface area contributed by atoms with Gasteiger partial charge in [0.1, 0.15) is 5.75 Å². The van der Waals surface area contributed by atoms with Crippen LogP contribution in [0, 0.1) is 0 Å². The van der Waals surface area contributed by atoms with Crippen LogP contribution in [0.1, 0.15) is 18.9 Å². The molecule has 0 bridgehead atoms. The van der Waals surface area contributed by atoms with E-state index in [9.17, 15) is 8.42 Å². The summed E-state index contributed by atoms with van der Waals surface area (Å²) >= 11 is 0. The molecule has 1 aromatic carbocycles. The van der Waals surface area contributed by atoms with Crippen LogP contribution in [0.5, 0.6) is 5.75 Å². The van der Waals surface area contributed by atoms with Crippen molar-refractivity contribution in [3.05, 3.63) is 29.8 Å². The normalized spacial score (nSPS) is 13.4. The fourth-order valence-corrected chi connectivity index (χ4v) is 2.82. The molecule has 0 saturated carbocycles. The van der Waals surface area contributed by atoms with Crippen molar-refractivity contribution in [2.45, 2.75) is 25.9 Å². The first kappa shape index (κ1) is 16.9. The third-order valence-electron chi connectivity index (χ3n) is 2.98. The number of hydrogen-bond acceptors (Lipinski definition) is 4. The van der Waals surface area contributed by atoms with Crippen LogP contribution in [0.15, 0.2) is 24.3 Å². The van der Waals surface area contributed by atoms with Crippen molar-refractivity contribution < 1.29 is 18.3 Å². The van der Waals surface area contributed by atoms with E-state index >= 15 is 0 Å². The third-order valence-corrected chi connectivity index (χ3v) is 4.56. The molecule has 6 nitrogen and oxygen atoms in total. The van der Waals surface area contributed by atoms with Crippen molar-refractivity contribution in [3.8, 4) is 5.75 Å². The van der Waals surface area contributed by atoms with Crippen molar-refractivity contribution in [2.75, 3.05) is 20.8 Å². The molecular weight excluding hydrogens is 280 g/mol. The number of nitrogens with zero attached hydrogens (tertiary/aromatic N) is 1. The summed E-state index contributed by atoms with van der Waals surface area (Å²) in [5, 5.41) is 9.07. The Bertz CT molecular complexity index is 515. The first-order valence-corrected chi connectivity index (χ1v) is 7.84. The Hall–Kier alpha value is -1.15. The monoisotopic (exact) mass is 302 g/mol. The second kappa shape index (κ2) is 7.58. The number of ether oxygens (including phenoxy) is 1. The molecule has 20 heavy (non-hydrogen) atoms. The number of nitrogens with one attached hydrogen (secondary N) is 1. The molecule has 0 aliphatic rings. The van der Waals surface area contributed by atoms with Gasteiger partial charge in [0.2, 0.25) is 0 Å². The maximum Gasteiger partial charge on any atom is 0.279 e. The minimum Gasteiger partial charge on any atom is -0.497 e. The topological polar surface area (TPSA) is 78.9 Å². The Kier molecular flexibility index (Phi) is 6.41. The van der Waals surface area contributed by atoms with Crippen molar-refractivity contribution in [3.63, 3.8) is 0 Å². The van der Waals surface area contributed by atoms with Gasteiger partial charge in [0, 0.05) is 19.6 Å². The van der Waals surface area contributed by atoms with Gasteiger partial charge in [0.15, 0.2) is 0 Å². The summed E-state index contributed by atoms with van der Waals surface area (Å²) < 4.78 is 33.0. The lowest BCUT2D eigenvalue weighted by molar-refractivity contribution is 0.251. The van der Waals surface area contributed by atoms with Crippen LogP contribution in [0.2, 0.25) is 0 Å². The van der Waals surface area contributed by atoms with Gasteiger partial charge in [-0.05, 0) is 24.1 Å². The summed E-state index contributed by atoms with van der Waals surface area (Å²) in [5.74, 6) is 0.683. The lowest BCUT2D eigenvalue weighted by atomic mass is 10.2. The molecule has 0 fully saturated rings. The second-order valence-corrected chi connectivity index (χ2v) is 6.33. The molecule has 0 spiro atoms. The summed E-state index contributed by atoms with van der Waals surface area (Å²) in [6.07, 6.45) is 0.530. The quantitative estimate of drug-likeness (QED) is 0.742. The molecule has 0 aliphatic heterocycles. The van der Waals surface area contributed by atoms with E-state index in [1.54, 1.807) is 19.2 Å². The Labute approximate surface area is 120 Å². The van der Waals surface area contributed by atoms with Gasteiger partial charge in [-0.2, -0.15) is 17.4 Å². The highest BCUT2D eigenvalue weighted by atomic mass is 32.2. The molecule has 7 heteroatoms. The maximum absolute atomic E-state index is 12.1. The van der Waals surface area contributed by atoms with Gasteiger partial charge in [-0.1, -0.05) is 19.1 Å². The fourth-order valence-electron chi connectivity index (χ4n) is 1.66. The molecule has 0 aromatic heterocycles. The Morgan fingerprint density at radius 1 is 1.45 bits per heavy atom. The molecule has 0 unspecified atom stereocenters. The van der Waals surface area contributed by atoms with Crippen LogP contribution in [0.4, 0.5) is 0 Å². The standard InChI is InChI=1S/C13H22N2O4S/c1-4-12(10-16)14-20(17,18)15(2)9-11-6-5-7-13(8-11)19-3/h5-8,12,14,16H,4,9-10H2,1-3H3/t12-/m1/s1. The van der Waals surface area contributed by atoms with Crippen LogP contribution in [0.3, 0.4) is 0 Å². The summed E-state index contributed by atoms with van der Waals surface area (Å²) in [6, 6.07) is 6.76. The van der Waals surface area contributed by atoms with Crippen LogP contribution in [-0.2, 0) is 16.8 Å². The predicted octanol–water partition coefficient (Wildman–Crippen LogP) is 0.732. The highest BCUT2D eigenvalue weighted by Gasteiger charge is 2.21. The second-order valence-electron chi connectivity index (χ2n) is 4.52. The largest absolute Gasteiger partial charge is 0.497 e. The van der Waals surface area contributed by atoms with E-state index in [-0.39, 0.29) is 13.2 Å². The zero-order valence-corrected chi connectivity index (χ0v) is 12.9. The maximum atomic E-state index is 12.1. The first-order valence-electron chi connectivity index (χ1n) is 6.40. The highest BCUT2D eigenvalue weighted by Crippen LogP contribution is 2.14. The molecular formula is C13H22N2O4S. The zero-order valence-electron chi connectivity index (χ0n) is 12.0. The molecule has 1 aromatic rings. The van der Waals surface area contributed by atoms with E-state index in [2.05, 4.69) is 4.72 Å². The van der Waals surface area contributed by atoms with Gasteiger partial charge in [-0.3, -0.25) is 0 Å². The fraction of sp³-hybridized carbons (Fsp3) is 0.538. The van der Waals surface area contributed by atoms with Crippen LogP contribution in [0.25, 0.3) is 0 Å². The Morgan fingerprint density at radius 2 is 2.15 bits per heavy atom. The highest BCUT2D eigenvalue weighted by molar-refractivity contribution is 7.87. The number of benzene rings is 1. The smallest absolute Gasteiger partial charge is 0.279 e. The van der Waals surface area contributed by atoms with Gasteiger partial charge in [-0.25, -0.2) is 0 Å². The molecule has 0 saturated heterocycles. The SMILES string of the molecule is CC[C@H](CO)NS(=O)(=O)N(C)Cc1cccc(OC)c1. The van der Waals surface area contributed by atoms with E-state index in [0.29, 0.717) is 12.2 Å². The molecule has 0 aliphatic carbocycles. The van der Waals surface area contributed by atoms with Gasteiger partial charge in [0.25, 0.3) is 10.2 Å². The summed E-state index contributed by atoms with van der Waals surface area (Å²) in [6.45, 7) is 1.82. The van der Waals surface area contributed by atoms with E-state index < -0.39 is 16.3 Å². The zero-order chi connectivity index (χ0) is 15.2. The minimum atomic E-state index is -3.62. The number of aliphatic hydroxyl groups excluding tert-OH is 1. The predicted molar refractivity (Wildman–Crippen MR) is 77.7 cm³/mol. The van der Waals surface area contributed by atoms with Crippen LogP contribution >= 0.6 is 0 Å². The van der Waals surface area contributed by atoms with Crippen LogP contribution in [-0.4, -0.2) is 44.6 Å². The molecule has 0 amide bonds. The summed E-state index contributed by atoms with van der Waals surface area (Å²) in [7, 11) is -0.563. The molecule has 0 radical (unpaired) electrons. The number of methoxy groups -OCH3 is 1. The lowest BCUT2D eigenvalue weighted by Crippen LogP contribution is -2.44. The van der Waals surface area contributed by atoms with Crippen molar-refractivity contribution >= 4 is 10.2 Å². The minimum absolute atomic E-state index is 0.220. The van der Waals surface area contributed by atoms with E-state index in [0.717, 1.165) is 5.56 Å². The van der Waals surface area contributed by atoms with Crippen LogP contribution < -0.4 is 9.46 Å². The molecule has 114 valence electrons. The van der Waals surface area contributed by atoms with Gasteiger partial charge in [0.05, 0.1) is 13.7 Å². The van der Waals surface area contributed by atoms with E-state index in [1.807, 2.05) is 19.1 Å².